The fourth-order valence-electron chi connectivity index (χ4n) is 3.23. The molecule has 0 bridgehead atoms. The number of rotatable bonds is 6. The third-order valence-electron chi connectivity index (χ3n) is 4.47. The van der Waals surface area contributed by atoms with E-state index >= 15 is 0 Å². The topological polar surface area (TPSA) is 46.6 Å². The summed E-state index contributed by atoms with van der Waals surface area (Å²) in [6.45, 7) is 10.1. The number of anilines is 1. The number of morpholine rings is 1. The zero-order chi connectivity index (χ0) is 16.9. The molecule has 1 aromatic heterocycles. The van der Waals surface area contributed by atoms with Gasteiger partial charge >= 0.3 is 0 Å². The minimum atomic E-state index is 0.567. The van der Waals surface area contributed by atoms with Crippen molar-refractivity contribution < 1.29 is 9.47 Å². The average Bonchev–Trinajstić information content (AvgIpc) is 2.60. The molecule has 2 aromatic rings. The highest BCUT2D eigenvalue weighted by molar-refractivity contribution is 5.95. The van der Waals surface area contributed by atoms with Gasteiger partial charge in [0.25, 0.3) is 0 Å². The van der Waals surface area contributed by atoms with Crippen molar-refractivity contribution in [2.75, 3.05) is 51.8 Å². The molecular weight excluding hydrogens is 302 g/mol. The standard InChI is InChI=1S/C19H27N3O2/c1-14(13-22-7-9-24-10-8-22)12-20-17-11-15(2)21-19-16(17)5-4-6-18(19)23-3/h4-6,11,14H,7-10,12-13H2,1-3H3,(H,20,21). The molecule has 0 spiro atoms. The van der Waals surface area contributed by atoms with Crippen LogP contribution in [0.5, 0.6) is 5.75 Å². The lowest BCUT2D eigenvalue weighted by atomic mass is 10.1. The maximum absolute atomic E-state index is 5.45. The van der Waals surface area contributed by atoms with E-state index in [0.717, 1.165) is 67.4 Å². The van der Waals surface area contributed by atoms with Crippen molar-refractivity contribution in [3.63, 3.8) is 0 Å². The number of methoxy groups -OCH3 is 1. The predicted octanol–water partition coefficient (Wildman–Crippen LogP) is 2.93. The van der Waals surface area contributed by atoms with Gasteiger partial charge in [0.05, 0.1) is 20.3 Å². The maximum Gasteiger partial charge on any atom is 0.145 e. The van der Waals surface area contributed by atoms with Gasteiger partial charge in [-0.3, -0.25) is 4.90 Å². The summed E-state index contributed by atoms with van der Waals surface area (Å²) in [4.78, 5) is 7.12. The number of pyridine rings is 1. The smallest absolute Gasteiger partial charge is 0.145 e. The summed E-state index contributed by atoms with van der Waals surface area (Å²) in [7, 11) is 1.69. The lowest BCUT2D eigenvalue weighted by molar-refractivity contribution is 0.0325. The summed E-state index contributed by atoms with van der Waals surface area (Å²) in [5.41, 5.74) is 3.05. The van der Waals surface area contributed by atoms with Gasteiger partial charge in [-0.15, -0.1) is 0 Å². The van der Waals surface area contributed by atoms with Gasteiger partial charge in [0, 0.05) is 42.9 Å². The molecule has 1 fully saturated rings. The first-order chi connectivity index (χ1) is 11.7. The summed E-state index contributed by atoms with van der Waals surface area (Å²) in [5, 5.41) is 4.73. The Labute approximate surface area is 144 Å². The zero-order valence-electron chi connectivity index (χ0n) is 14.8. The van der Waals surface area contributed by atoms with Crippen LogP contribution in [0, 0.1) is 12.8 Å². The minimum Gasteiger partial charge on any atom is -0.494 e. The minimum absolute atomic E-state index is 0.567. The molecule has 1 atom stereocenters. The molecule has 3 rings (SSSR count). The third-order valence-corrected chi connectivity index (χ3v) is 4.47. The molecule has 1 aliphatic rings. The Morgan fingerprint density at radius 1 is 1.33 bits per heavy atom. The molecule has 0 aliphatic carbocycles. The molecule has 5 nitrogen and oxygen atoms in total. The van der Waals surface area contributed by atoms with E-state index in [4.69, 9.17) is 9.47 Å². The second kappa shape index (κ2) is 7.81. The number of nitrogens with one attached hydrogen (secondary N) is 1. The monoisotopic (exact) mass is 329 g/mol. The molecule has 1 unspecified atom stereocenters. The number of ether oxygens (including phenoxy) is 2. The summed E-state index contributed by atoms with van der Waals surface area (Å²) < 4.78 is 10.9. The number of para-hydroxylation sites is 1. The molecule has 1 aliphatic heterocycles. The van der Waals surface area contributed by atoms with E-state index in [1.807, 2.05) is 19.1 Å². The van der Waals surface area contributed by atoms with Gasteiger partial charge in [-0.1, -0.05) is 19.1 Å². The molecule has 5 heteroatoms. The van der Waals surface area contributed by atoms with E-state index in [9.17, 15) is 0 Å². The van der Waals surface area contributed by atoms with Crippen LogP contribution in [0.2, 0.25) is 0 Å². The number of aryl methyl sites for hydroxylation is 1. The van der Waals surface area contributed by atoms with Gasteiger partial charge in [-0.25, -0.2) is 4.98 Å². The van der Waals surface area contributed by atoms with Gasteiger partial charge in [0.2, 0.25) is 0 Å². The maximum atomic E-state index is 5.45. The lowest BCUT2D eigenvalue weighted by Gasteiger charge is -2.29. The molecule has 1 saturated heterocycles. The largest absolute Gasteiger partial charge is 0.494 e. The van der Waals surface area contributed by atoms with Crippen molar-refractivity contribution in [3.8, 4) is 5.75 Å². The quantitative estimate of drug-likeness (QED) is 0.883. The van der Waals surface area contributed by atoms with Crippen LogP contribution in [0.1, 0.15) is 12.6 Å². The van der Waals surface area contributed by atoms with Crippen LogP contribution in [0.4, 0.5) is 5.69 Å². The van der Waals surface area contributed by atoms with Crippen LogP contribution in [0.25, 0.3) is 10.9 Å². The average molecular weight is 329 g/mol. The highest BCUT2D eigenvalue weighted by atomic mass is 16.5. The van der Waals surface area contributed by atoms with Gasteiger partial charge < -0.3 is 14.8 Å². The molecule has 0 amide bonds. The Morgan fingerprint density at radius 2 is 2.12 bits per heavy atom. The highest BCUT2D eigenvalue weighted by Crippen LogP contribution is 2.29. The van der Waals surface area contributed by atoms with Gasteiger partial charge in [-0.05, 0) is 25.0 Å². The first kappa shape index (κ1) is 17.0. The first-order valence-electron chi connectivity index (χ1n) is 8.65. The normalized spacial score (nSPS) is 17.0. The van der Waals surface area contributed by atoms with Crippen LogP contribution >= 0.6 is 0 Å². The van der Waals surface area contributed by atoms with Crippen LogP contribution in [0.15, 0.2) is 24.3 Å². The van der Waals surface area contributed by atoms with Crippen molar-refractivity contribution in [2.45, 2.75) is 13.8 Å². The predicted molar refractivity (Wildman–Crippen MR) is 97.9 cm³/mol. The number of benzene rings is 1. The van der Waals surface area contributed by atoms with E-state index in [-0.39, 0.29) is 0 Å². The Kier molecular flexibility index (Phi) is 5.53. The van der Waals surface area contributed by atoms with Crippen molar-refractivity contribution >= 4 is 16.6 Å². The number of nitrogens with zero attached hydrogens (tertiary/aromatic N) is 2. The van der Waals surface area contributed by atoms with Crippen LogP contribution < -0.4 is 10.1 Å². The number of hydrogen-bond donors (Lipinski definition) is 1. The Hall–Kier alpha value is -1.85. The van der Waals surface area contributed by atoms with Crippen LogP contribution in [-0.2, 0) is 4.74 Å². The van der Waals surface area contributed by atoms with E-state index in [1.165, 1.54) is 0 Å². The molecule has 1 N–H and O–H groups in total. The summed E-state index contributed by atoms with van der Waals surface area (Å²) in [6.07, 6.45) is 0. The Balaban J connectivity index is 1.70. The molecule has 0 saturated carbocycles. The lowest BCUT2D eigenvalue weighted by Crippen LogP contribution is -2.40. The second-order valence-electron chi connectivity index (χ2n) is 6.57. The number of aromatic nitrogens is 1. The van der Waals surface area contributed by atoms with E-state index in [0.29, 0.717) is 5.92 Å². The van der Waals surface area contributed by atoms with Gasteiger partial charge in [0.15, 0.2) is 0 Å². The Morgan fingerprint density at radius 3 is 2.88 bits per heavy atom. The van der Waals surface area contributed by atoms with Crippen LogP contribution in [0.3, 0.4) is 0 Å². The second-order valence-corrected chi connectivity index (χ2v) is 6.57. The fraction of sp³-hybridized carbons (Fsp3) is 0.526. The van der Waals surface area contributed by atoms with E-state index in [1.54, 1.807) is 7.11 Å². The van der Waals surface area contributed by atoms with Crippen molar-refractivity contribution in [2.24, 2.45) is 5.92 Å². The number of hydrogen-bond acceptors (Lipinski definition) is 5. The van der Waals surface area contributed by atoms with E-state index in [2.05, 4.69) is 34.3 Å². The SMILES string of the molecule is COc1cccc2c(NCC(C)CN3CCOCC3)cc(C)nc12. The first-order valence-corrected chi connectivity index (χ1v) is 8.65. The molecule has 0 radical (unpaired) electrons. The van der Waals surface area contributed by atoms with Gasteiger partial charge in [-0.2, -0.15) is 0 Å². The van der Waals surface area contributed by atoms with Crippen molar-refractivity contribution in [1.82, 2.24) is 9.88 Å². The van der Waals surface area contributed by atoms with Crippen LogP contribution in [-0.4, -0.2) is 56.4 Å². The summed E-state index contributed by atoms with van der Waals surface area (Å²) in [6, 6.07) is 8.18. The van der Waals surface area contributed by atoms with Crippen molar-refractivity contribution in [3.05, 3.63) is 30.0 Å². The fourth-order valence-corrected chi connectivity index (χ4v) is 3.23. The van der Waals surface area contributed by atoms with Crippen molar-refractivity contribution in [1.29, 1.82) is 0 Å². The zero-order valence-corrected chi connectivity index (χ0v) is 14.8. The van der Waals surface area contributed by atoms with Gasteiger partial charge in [0.1, 0.15) is 11.3 Å². The third kappa shape index (κ3) is 3.97. The molecule has 130 valence electrons. The molecule has 1 aromatic carbocycles. The highest BCUT2D eigenvalue weighted by Gasteiger charge is 2.14. The van der Waals surface area contributed by atoms with E-state index < -0.39 is 0 Å². The summed E-state index contributed by atoms with van der Waals surface area (Å²) >= 11 is 0. The molecular formula is C19H27N3O2. The number of fused-ring (bicyclic) bond motifs is 1. The summed E-state index contributed by atoms with van der Waals surface area (Å²) in [5.74, 6) is 1.39. The Bertz CT molecular complexity index is 684. The molecule has 24 heavy (non-hydrogen) atoms. The molecule has 2 heterocycles.